The van der Waals surface area contributed by atoms with Gasteiger partial charge in [-0.1, -0.05) is 19.3 Å². The third kappa shape index (κ3) is 2.88. The Morgan fingerprint density at radius 3 is 2.30 bits per heavy atom. The van der Waals surface area contributed by atoms with Crippen molar-refractivity contribution < 1.29 is 4.79 Å². The van der Waals surface area contributed by atoms with E-state index in [1.807, 2.05) is 14.1 Å². The second-order valence-corrected chi connectivity index (χ2v) is 8.01. The van der Waals surface area contributed by atoms with Crippen LogP contribution in [-0.4, -0.2) is 47.4 Å². The molecule has 3 nitrogen and oxygen atoms in total. The van der Waals surface area contributed by atoms with Gasteiger partial charge in [0.2, 0.25) is 5.91 Å². The van der Waals surface area contributed by atoms with Gasteiger partial charge in [-0.2, -0.15) is 0 Å². The van der Waals surface area contributed by atoms with E-state index in [4.69, 9.17) is 0 Å². The summed E-state index contributed by atoms with van der Waals surface area (Å²) in [5, 5.41) is 0. The summed E-state index contributed by atoms with van der Waals surface area (Å²) in [4.78, 5) is 16.9. The summed E-state index contributed by atoms with van der Waals surface area (Å²) in [5.74, 6) is 1.83. The SMILES string of the molecule is CC1C2CCCCC2CC(C(=O)N(C)C)N1C(C)(C)C. The molecular weight excluding hydrogens is 248 g/mol. The number of fused-ring (bicyclic) bond motifs is 1. The van der Waals surface area contributed by atoms with E-state index in [1.165, 1.54) is 25.7 Å². The molecule has 2 fully saturated rings. The largest absolute Gasteiger partial charge is 0.347 e. The number of carbonyl (C=O) groups is 1. The molecule has 116 valence electrons. The van der Waals surface area contributed by atoms with Crippen molar-refractivity contribution >= 4 is 5.91 Å². The zero-order valence-electron chi connectivity index (χ0n) is 14.1. The Morgan fingerprint density at radius 1 is 1.15 bits per heavy atom. The van der Waals surface area contributed by atoms with E-state index in [2.05, 4.69) is 32.6 Å². The third-order valence-electron chi connectivity index (χ3n) is 5.39. The quantitative estimate of drug-likeness (QED) is 0.736. The summed E-state index contributed by atoms with van der Waals surface area (Å²) in [7, 11) is 3.78. The van der Waals surface area contributed by atoms with Crippen LogP contribution in [0.3, 0.4) is 0 Å². The first kappa shape index (κ1) is 15.8. The van der Waals surface area contributed by atoms with Gasteiger partial charge in [0.15, 0.2) is 0 Å². The summed E-state index contributed by atoms with van der Waals surface area (Å²) < 4.78 is 0. The van der Waals surface area contributed by atoms with E-state index in [-0.39, 0.29) is 17.5 Å². The fourth-order valence-corrected chi connectivity index (χ4v) is 4.65. The maximum Gasteiger partial charge on any atom is 0.239 e. The molecule has 20 heavy (non-hydrogen) atoms. The van der Waals surface area contributed by atoms with E-state index < -0.39 is 0 Å². The zero-order valence-corrected chi connectivity index (χ0v) is 14.1. The number of amides is 1. The van der Waals surface area contributed by atoms with Crippen LogP contribution in [0.1, 0.15) is 59.8 Å². The topological polar surface area (TPSA) is 23.6 Å². The molecule has 1 saturated heterocycles. The number of piperidine rings is 1. The highest BCUT2D eigenvalue weighted by Crippen LogP contribution is 2.44. The number of likely N-dealkylation sites (N-methyl/N-ethyl adjacent to an activating group) is 1. The van der Waals surface area contributed by atoms with E-state index >= 15 is 0 Å². The molecule has 1 aliphatic carbocycles. The molecular formula is C17H32N2O. The predicted octanol–water partition coefficient (Wildman–Crippen LogP) is 3.14. The molecule has 0 bridgehead atoms. The monoisotopic (exact) mass is 280 g/mol. The molecule has 4 unspecified atom stereocenters. The van der Waals surface area contributed by atoms with Gasteiger partial charge in [-0.15, -0.1) is 0 Å². The summed E-state index contributed by atoms with van der Waals surface area (Å²) in [6.07, 6.45) is 6.46. The van der Waals surface area contributed by atoms with Crippen LogP contribution in [0.25, 0.3) is 0 Å². The number of hydrogen-bond acceptors (Lipinski definition) is 2. The molecule has 0 radical (unpaired) electrons. The van der Waals surface area contributed by atoms with E-state index in [0.29, 0.717) is 6.04 Å². The molecule has 1 saturated carbocycles. The molecule has 1 aliphatic heterocycles. The van der Waals surface area contributed by atoms with Crippen molar-refractivity contribution in [3.63, 3.8) is 0 Å². The Hall–Kier alpha value is -0.570. The lowest BCUT2D eigenvalue weighted by Crippen LogP contribution is -2.64. The van der Waals surface area contributed by atoms with Gasteiger partial charge in [-0.3, -0.25) is 9.69 Å². The molecule has 3 heteroatoms. The summed E-state index contributed by atoms with van der Waals surface area (Å²) >= 11 is 0. The van der Waals surface area contributed by atoms with E-state index in [1.54, 1.807) is 4.90 Å². The Bertz CT molecular complexity index is 358. The highest BCUT2D eigenvalue weighted by Gasteiger charge is 2.47. The first-order chi connectivity index (χ1) is 9.23. The Kier molecular flexibility index (Phi) is 4.48. The molecule has 0 aromatic carbocycles. The van der Waals surface area contributed by atoms with Crippen molar-refractivity contribution in [2.24, 2.45) is 11.8 Å². The fourth-order valence-electron chi connectivity index (χ4n) is 4.65. The predicted molar refractivity (Wildman–Crippen MR) is 83.6 cm³/mol. The Balaban J connectivity index is 2.30. The van der Waals surface area contributed by atoms with Gasteiger partial charge >= 0.3 is 0 Å². The molecule has 0 N–H and O–H groups in total. The van der Waals surface area contributed by atoms with Crippen LogP contribution in [0.5, 0.6) is 0 Å². The van der Waals surface area contributed by atoms with Crippen molar-refractivity contribution in [1.82, 2.24) is 9.80 Å². The van der Waals surface area contributed by atoms with Gasteiger partial charge in [-0.25, -0.2) is 0 Å². The number of hydrogen-bond donors (Lipinski definition) is 0. The lowest BCUT2D eigenvalue weighted by atomic mass is 9.68. The highest BCUT2D eigenvalue weighted by molar-refractivity contribution is 5.81. The van der Waals surface area contributed by atoms with Crippen LogP contribution >= 0.6 is 0 Å². The minimum absolute atomic E-state index is 0.0537. The Labute approximate surface area is 124 Å². The number of rotatable bonds is 1. The molecule has 0 aromatic rings. The minimum atomic E-state index is 0.0537. The maximum atomic E-state index is 12.7. The average molecular weight is 280 g/mol. The summed E-state index contributed by atoms with van der Waals surface area (Å²) in [6.45, 7) is 9.11. The molecule has 1 amide bonds. The molecule has 4 atom stereocenters. The number of nitrogens with zero attached hydrogens (tertiary/aromatic N) is 2. The summed E-state index contributed by atoms with van der Waals surface area (Å²) in [5.41, 5.74) is 0.0537. The van der Waals surface area contributed by atoms with E-state index in [9.17, 15) is 4.79 Å². The highest BCUT2D eigenvalue weighted by atomic mass is 16.2. The van der Waals surface area contributed by atoms with Crippen molar-refractivity contribution in [3.8, 4) is 0 Å². The van der Waals surface area contributed by atoms with E-state index in [0.717, 1.165) is 18.3 Å². The van der Waals surface area contributed by atoms with Gasteiger partial charge in [0, 0.05) is 25.7 Å². The molecule has 0 spiro atoms. The first-order valence-electron chi connectivity index (χ1n) is 8.23. The standard InChI is InChI=1S/C17H32N2O/c1-12-14-10-8-7-9-13(14)11-15(16(20)18(5)6)19(12)17(2,3)4/h12-15H,7-11H2,1-6H3. The normalized spacial score (nSPS) is 35.5. The smallest absolute Gasteiger partial charge is 0.239 e. The number of carbonyl (C=O) groups excluding carboxylic acids is 1. The van der Waals surface area contributed by atoms with Gasteiger partial charge in [0.05, 0.1) is 6.04 Å². The third-order valence-corrected chi connectivity index (χ3v) is 5.39. The molecule has 1 heterocycles. The van der Waals surface area contributed by atoms with Gasteiger partial charge in [-0.05, 0) is 52.4 Å². The lowest BCUT2D eigenvalue weighted by Gasteiger charge is -2.55. The van der Waals surface area contributed by atoms with Crippen LogP contribution in [0.15, 0.2) is 0 Å². The number of likely N-dealkylation sites (tertiary alicyclic amines) is 1. The lowest BCUT2D eigenvalue weighted by molar-refractivity contribution is -0.146. The van der Waals surface area contributed by atoms with Crippen LogP contribution in [-0.2, 0) is 4.79 Å². The molecule has 2 rings (SSSR count). The summed E-state index contributed by atoms with van der Waals surface area (Å²) in [6, 6.07) is 0.585. The zero-order chi connectivity index (χ0) is 15.1. The van der Waals surface area contributed by atoms with Gasteiger partial charge in [0.25, 0.3) is 0 Å². The second-order valence-electron chi connectivity index (χ2n) is 8.01. The van der Waals surface area contributed by atoms with Gasteiger partial charge in [0.1, 0.15) is 0 Å². The fraction of sp³-hybridized carbons (Fsp3) is 0.941. The van der Waals surface area contributed by atoms with Crippen molar-refractivity contribution in [3.05, 3.63) is 0 Å². The van der Waals surface area contributed by atoms with Crippen LogP contribution < -0.4 is 0 Å². The average Bonchev–Trinajstić information content (AvgIpc) is 2.36. The van der Waals surface area contributed by atoms with Crippen molar-refractivity contribution in [1.29, 1.82) is 0 Å². The van der Waals surface area contributed by atoms with Crippen LogP contribution in [0.2, 0.25) is 0 Å². The van der Waals surface area contributed by atoms with Gasteiger partial charge < -0.3 is 4.90 Å². The minimum Gasteiger partial charge on any atom is -0.347 e. The first-order valence-corrected chi connectivity index (χ1v) is 8.23. The van der Waals surface area contributed by atoms with Crippen LogP contribution in [0.4, 0.5) is 0 Å². The van der Waals surface area contributed by atoms with Crippen molar-refractivity contribution in [2.75, 3.05) is 14.1 Å². The van der Waals surface area contributed by atoms with Crippen LogP contribution in [0, 0.1) is 11.8 Å². The Morgan fingerprint density at radius 2 is 1.75 bits per heavy atom. The molecule has 2 aliphatic rings. The molecule has 0 aromatic heterocycles. The van der Waals surface area contributed by atoms with Crippen molar-refractivity contribution in [2.45, 2.75) is 77.4 Å². The maximum absolute atomic E-state index is 12.7. The second kappa shape index (κ2) is 5.67.